The van der Waals surface area contributed by atoms with Crippen molar-refractivity contribution in [2.45, 2.75) is 12.6 Å². The van der Waals surface area contributed by atoms with E-state index >= 15 is 0 Å². The lowest BCUT2D eigenvalue weighted by Gasteiger charge is -2.11. The zero-order valence-electron chi connectivity index (χ0n) is 5.64. The number of hydrogen-bond donors (Lipinski definition) is 0. The molecule has 1 saturated carbocycles. The number of fused-ring (bicyclic) bond motifs is 1. The van der Waals surface area contributed by atoms with Crippen LogP contribution >= 0.6 is 0 Å². The number of alkyl halides is 3. The Bertz CT molecular complexity index is 282. The highest BCUT2D eigenvalue weighted by molar-refractivity contribution is 6.04. The molecule has 2 rings (SSSR count). The van der Waals surface area contributed by atoms with Gasteiger partial charge in [-0.05, 0) is 6.42 Å². The molecule has 2 aliphatic rings. The Kier molecular flexibility index (Phi) is 1.04. The van der Waals surface area contributed by atoms with Gasteiger partial charge in [0.05, 0.1) is 5.92 Å². The molecule has 2 atom stereocenters. The summed E-state index contributed by atoms with van der Waals surface area (Å²) < 4.78 is 40.3. The standard InChI is InChI=1S/C6H3F3O3/c7-6(8,9)5-1-2(5)3(10)12-4(5)11/h2H,1H2. The van der Waals surface area contributed by atoms with Crippen molar-refractivity contribution >= 4 is 11.9 Å². The normalized spacial score (nSPS) is 39.4. The molecule has 0 spiro atoms. The zero-order valence-corrected chi connectivity index (χ0v) is 5.64. The van der Waals surface area contributed by atoms with E-state index in [0.717, 1.165) is 0 Å². The number of cyclic esters (lactones) is 2. The number of carbonyl (C=O) groups excluding carboxylic acids is 2. The quantitative estimate of drug-likeness (QED) is 0.405. The van der Waals surface area contributed by atoms with Gasteiger partial charge in [-0.1, -0.05) is 0 Å². The van der Waals surface area contributed by atoms with Gasteiger partial charge in [0.25, 0.3) is 0 Å². The molecular weight excluding hydrogens is 177 g/mol. The minimum atomic E-state index is -4.65. The van der Waals surface area contributed by atoms with Gasteiger partial charge in [0.15, 0.2) is 5.41 Å². The van der Waals surface area contributed by atoms with Gasteiger partial charge in [-0.3, -0.25) is 9.59 Å². The summed E-state index contributed by atoms with van der Waals surface area (Å²) in [5, 5.41) is 0. The highest BCUT2D eigenvalue weighted by atomic mass is 19.4. The fraction of sp³-hybridized carbons (Fsp3) is 0.667. The first-order chi connectivity index (χ1) is 5.39. The Balaban J connectivity index is 2.39. The Morgan fingerprint density at radius 1 is 1.42 bits per heavy atom. The van der Waals surface area contributed by atoms with Crippen molar-refractivity contribution in [3.05, 3.63) is 0 Å². The lowest BCUT2D eigenvalue weighted by atomic mass is 10.1. The number of ether oxygens (including phenoxy) is 1. The first-order valence-electron chi connectivity index (χ1n) is 3.22. The second-order valence-electron chi connectivity index (χ2n) is 2.93. The van der Waals surface area contributed by atoms with E-state index in [1.807, 2.05) is 0 Å². The maximum atomic E-state index is 12.2. The second-order valence-corrected chi connectivity index (χ2v) is 2.93. The van der Waals surface area contributed by atoms with Gasteiger partial charge in [-0.2, -0.15) is 13.2 Å². The van der Waals surface area contributed by atoms with Crippen molar-refractivity contribution in [1.82, 2.24) is 0 Å². The van der Waals surface area contributed by atoms with Crippen molar-refractivity contribution in [2.24, 2.45) is 11.3 Å². The van der Waals surface area contributed by atoms with Crippen LogP contribution in [0.2, 0.25) is 0 Å². The average Bonchev–Trinajstić information content (AvgIpc) is 2.53. The van der Waals surface area contributed by atoms with Crippen LogP contribution in [0.3, 0.4) is 0 Å². The Morgan fingerprint density at radius 2 is 2.00 bits per heavy atom. The van der Waals surface area contributed by atoms with Crippen molar-refractivity contribution in [3.63, 3.8) is 0 Å². The molecule has 1 aliphatic carbocycles. The van der Waals surface area contributed by atoms with Crippen LogP contribution in [0.1, 0.15) is 6.42 Å². The number of carbonyl (C=O) groups is 2. The highest BCUT2D eigenvalue weighted by Crippen LogP contribution is 2.66. The molecule has 0 aromatic heterocycles. The van der Waals surface area contributed by atoms with Crippen LogP contribution in [-0.2, 0) is 14.3 Å². The maximum absolute atomic E-state index is 12.2. The second kappa shape index (κ2) is 1.65. The molecule has 0 aromatic carbocycles. The topological polar surface area (TPSA) is 43.4 Å². The number of esters is 2. The van der Waals surface area contributed by atoms with E-state index in [9.17, 15) is 22.8 Å². The van der Waals surface area contributed by atoms with Crippen molar-refractivity contribution in [2.75, 3.05) is 0 Å². The Labute approximate surface area is 64.5 Å². The summed E-state index contributed by atoms with van der Waals surface area (Å²) in [6.45, 7) is 0. The van der Waals surface area contributed by atoms with E-state index in [1.54, 1.807) is 0 Å². The summed E-state index contributed by atoms with van der Waals surface area (Å²) in [4.78, 5) is 21.2. The van der Waals surface area contributed by atoms with E-state index < -0.39 is 35.9 Å². The van der Waals surface area contributed by atoms with E-state index in [4.69, 9.17) is 0 Å². The molecular formula is C6H3F3O3. The smallest absolute Gasteiger partial charge is 0.392 e. The summed E-state index contributed by atoms with van der Waals surface area (Å²) in [5.41, 5.74) is -2.48. The molecule has 66 valence electrons. The fourth-order valence-electron chi connectivity index (χ4n) is 1.46. The van der Waals surface area contributed by atoms with Crippen LogP contribution in [0, 0.1) is 11.3 Å². The third kappa shape index (κ3) is 0.587. The zero-order chi connectivity index (χ0) is 9.15. The monoisotopic (exact) mass is 180 g/mol. The average molecular weight is 180 g/mol. The van der Waals surface area contributed by atoms with Crippen LogP contribution in [0.25, 0.3) is 0 Å². The molecule has 0 amide bonds. The summed E-state index contributed by atoms with van der Waals surface area (Å²) in [6, 6.07) is 0. The molecule has 3 nitrogen and oxygen atoms in total. The van der Waals surface area contributed by atoms with Crippen molar-refractivity contribution in [3.8, 4) is 0 Å². The van der Waals surface area contributed by atoms with Gasteiger partial charge < -0.3 is 4.74 Å². The van der Waals surface area contributed by atoms with Crippen LogP contribution in [-0.4, -0.2) is 18.1 Å². The third-order valence-electron chi connectivity index (χ3n) is 2.31. The van der Waals surface area contributed by atoms with Gasteiger partial charge in [0, 0.05) is 0 Å². The molecule has 0 N–H and O–H groups in total. The van der Waals surface area contributed by atoms with Gasteiger partial charge in [-0.25, -0.2) is 0 Å². The molecule has 0 bridgehead atoms. The van der Waals surface area contributed by atoms with E-state index in [2.05, 4.69) is 4.74 Å². The van der Waals surface area contributed by atoms with Crippen LogP contribution in [0.15, 0.2) is 0 Å². The van der Waals surface area contributed by atoms with Gasteiger partial charge in [0.1, 0.15) is 0 Å². The minimum absolute atomic E-state index is 0.436. The fourth-order valence-corrected chi connectivity index (χ4v) is 1.46. The SMILES string of the molecule is O=C1OC(=O)C2(C(F)(F)F)CC12. The molecule has 2 unspecified atom stereocenters. The van der Waals surface area contributed by atoms with Crippen LogP contribution in [0.5, 0.6) is 0 Å². The van der Waals surface area contributed by atoms with Crippen LogP contribution in [0.4, 0.5) is 13.2 Å². The number of halogens is 3. The summed E-state index contributed by atoms with van der Waals surface area (Å²) >= 11 is 0. The molecule has 0 radical (unpaired) electrons. The first-order valence-corrected chi connectivity index (χ1v) is 3.22. The summed E-state index contributed by atoms with van der Waals surface area (Å²) in [6.07, 6.45) is -5.09. The van der Waals surface area contributed by atoms with E-state index in [0.29, 0.717) is 0 Å². The van der Waals surface area contributed by atoms with Gasteiger partial charge >= 0.3 is 18.1 Å². The molecule has 12 heavy (non-hydrogen) atoms. The Hall–Kier alpha value is -1.07. The minimum Gasteiger partial charge on any atom is -0.392 e. The first kappa shape index (κ1) is 7.57. The lowest BCUT2D eigenvalue weighted by Crippen LogP contribution is -2.31. The largest absolute Gasteiger partial charge is 0.405 e. The molecule has 1 heterocycles. The predicted molar refractivity (Wildman–Crippen MR) is 27.7 cm³/mol. The van der Waals surface area contributed by atoms with E-state index in [1.165, 1.54) is 0 Å². The maximum Gasteiger partial charge on any atom is 0.405 e. The van der Waals surface area contributed by atoms with E-state index in [-0.39, 0.29) is 0 Å². The summed E-state index contributed by atoms with van der Waals surface area (Å²) in [5.74, 6) is -3.76. The van der Waals surface area contributed by atoms with Crippen molar-refractivity contribution < 1.29 is 27.5 Å². The van der Waals surface area contributed by atoms with Crippen molar-refractivity contribution in [1.29, 1.82) is 0 Å². The van der Waals surface area contributed by atoms with Gasteiger partial charge in [-0.15, -0.1) is 0 Å². The highest BCUT2D eigenvalue weighted by Gasteiger charge is 2.83. The molecule has 2 fully saturated rings. The number of rotatable bonds is 0. The number of hydrogen-bond acceptors (Lipinski definition) is 3. The van der Waals surface area contributed by atoms with Gasteiger partial charge in [0.2, 0.25) is 0 Å². The molecule has 0 aromatic rings. The Morgan fingerprint density at radius 3 is 2.17 bits per heavy atom. The third-order valence-corrected chi connectivity index (χ3v) is 2.31. The van der Waals surface area contributed by atoms with Crippen LogP contribution < -0.4 is 0 Å². The predicted octanol–water partition coefficient (Wildman–Crippen LogP) is 0.638. The molecule has 1 saturated heterocycles. The summed E-state index contributed by atoms with van der Waals surface area (Å²) in [7, 11) is 0. The lowest BCUT2D eigenvalue weighted by molar-refractivity contribution is -0.199. The molecule has 6 heteroatoms. The molecule has 1 aliphatic heterocycles.